The van der Waals surface area contributed by atoms with E-state index in [0.29, 0.717) is 12.2 Å². The van der Waals surface area contributed by atoms with Crippen LogP contribution in [0.4, 0.5) is 0 Å². The topological polar surface area (TPSA) is 68.4 Å². The lowest BCUT2D eigenvalue weighted by Gasteiger charge is -2.14. The van der Waals surface area contributed by atoms with E-state index in [1.807, 2.05) is 18.2 Å². The molecule has 2 aromatic rings. The average Bonchev–Trinajstić information content (AvgIpc) is 2.44. The van der Waals surface area contributed by atoms with Crippen LogP contribution in [-0.4, -0.2) is 17.2 Å². The highest BCUT2D eigenvalue weighted by atomic mass is 16.5. The van der Waals surface area contributed by atoms with Crippen LogP contribution in [0.5, 0.6) is 5.75 Å². The zero-order chi connectivity index (χ0) is 13.1. The van der Waals surface area contributed by atoms with Crippen LogP contribution in [0, 0.1) is 0 Å². The molecule has 0 aliphatic rings. The van der Waals surface area contributed by atoms with Gasteiger partial charge in [-0.2, -0.15) is 0 Å². The van der Waals surface area contributed by atoms with Crippen molar-refractivity contribution in [2.75, 3.05) is 7.11 Å². The lowest BCUT2D eigenvalue weighted by Crippen LogP contribution is -2.09. The first-order valence-corrected chi connectivity index (χ1v) is 6.04. The monoisotopic (exact) mass is 246 g/mol. The maximum absolute atomic E-state index is 9.39. The molecule has 0 bridgehead atoms. The summed E-state index contributed by atoms with van der Waals surface area (Å²) in [6.07, 6.45) is 0.853. The predicted octanol–water partition coefficient (Wildman–Crippen LogP) is 1.76. The Bertz CT molecular complexity index is 567. The molecule has 0 fully saturated rings. The first-order valence-electron chi connectivity index (χ1n) is 6.04. The van der Waals surface area contributed by atoms with E-state index in [2.05, 4.69) is 11.9 Å². The summed E-state index contributed by atoms with van der Waals surface area (Å²) < 4.78 is 5.24. The van der Waals surface area contributed by atoms with Crippen molar-refractivity contribution in [3.05, 3.63) is 35.0 Å². The standard InChI is InChI=1S/C14H18N2O2/c1-3-10-11-6-9(18-2)4-5-13(11)16-14(8-17)12(10)7-15/h4-6,17H,3,7-8,15H2,1-2H3. The highest BCUT2D eigenvalue weighted by molar-refractivity contribution is 5.85. The number of fused-ring (bicyclic) bond motifs is 1. The molecule has 0 aliphatic carbocycles. The average molecular weight is 246 g/mol. The van der Waals surface area contributed by atoms with Crippen molar-refractivity contribution in [1.29, 1.82) is 0 Å². The van der Waals surface area contributed by atoms with Crippen molar-refractivity contribution in [3.8, 4) is 5.75 Å². The van der Waals surface area contributed by atoms with Gasteiger partial charge in [0.2, 0.25) is 0 Å². The van der Waals surface area contributed by atoms with Crippen LogP contribution in [0.3, 0.4) is 0 Å². The van der Waals surface area contributed by atoms with Gasteiger partial charge in [0.25, 0.3) is 0 Å². The van der Waals surface area contributed by atoms with Gasteiger partial charge in [0.15, 0.2) is 0 Å². The van der Waals surface area contributed by atoms with E-state index in [9.17, 15) is 5.11 Å². The second-order valence-corrected chi connectivity index (χ2v) is 4.11. The number of aliphatic hydroxyl groups excluding tert-OH is 1. The van der Waals surface area contributed by atoms with Crippen molar-refractivity contribution in [3.63, 3.8) is 0 Å². The minimum Gasteiger partial charge on any atom is -0.497 e. The Hall–Kier alpha value is -1.65. The third-order valence-electron chi connectivity index (χ3n) is 3.20. The van der Waals surface area contributed by atoms with E-state index < -0.39 is 0 Å². The van der Waals surface area contributed by atoms with Gasteiger partial charge in [-0.25, -0.2) is 0 Å². The van der Waals surface area contributed by atoms with E-state index in [4.69, 9.17) is 10.5 Å². The number of aliphatic hydroxyl groups is 1. The van der Waals surface area contributed by atoms with Crippen molar-refractivity contribution in [1.82, 2.24) is 4.98 Å². The van der Waals surface area contributed by atoms with E-state index in [1.165, 1.54) is 0 Å². The molecule has 0 saturated heterocycles. The molecule has 0 spiro atoms. The van der Waals surface area contributed by atoms with E-state index in [-0.39, 0.29) is 6.61 Å². The Morgan fingerprint density at radius 3 is 2.67 bits per heavy atom. The molecule has 1 aromatic heterocycles. The Kier molecular flexibility index (Phi) is 3.79. The highest BCUT2D eigenvalue weighted by Gasteiger charge is 2.12. The summed E-state index contributed by atoms with van der Waals surface area (Å²) in [6.45, 7) is 2.38. The first-order chi connectivity index (χ1) is 8.74. The van der Waals surface area contributed by atoms with Crippen LogP contribution in [0.15, 0.2) is 18.2 Å². The van der Waals surface area contributed by atoms with Crippen LogP contribution in [0.25, 0.3) is 10.9 Å². The molecule has 96 valence electrons. The quantitative estimate of drug-likeness (QED) is 0.862. The number of rotatable bonds is 4. The fourth-order valence-electron chi connectivity index (χ4n) is 2.31. The fourth-order valence-corrected chi connectivity index (χ4v) is 2.31. The van der Waals surface area contributed by atoms with Gasteiger partial charge in [0.1, 0.15) is 5.75 Å². The van der Waals surface area contributed by atoms with Crippen molar-refractivity contribution in [2.24, 2.45) is 5.73 Å². The number of pyridine rings is 1. The Morgan fingerprint density at radius 1 is 1.33 bits per heavy atom. The number of nitrogens with zero attached hydrogens (tertiary/aromatic N) is 1. The van der Waals surface area contributed by atoms with Crippen LogP contribution in [0.2, 0.25) is 0 Å². The summed E-state index contributed by atoms with van der Waals surface area (Å²) in [7, 11) is 1.64. The second kappa shape index (κ2) is 5.33. The van der Waals surface area contributed by atoms with E-state index in [1.54, 1.807) is 7.11 Å². The molecule has 0 amide bonds. The number of benzene rings is 1. The van der Waals surface area contributed by atoms with Gasteiger partial charge in [0.05, 0.1) is 24.9 Å². The molecule has 0 aliphatic heterocycles. The third kappa shape index (κ3) is 2.05. The maximum atomic E-state index is 9.39. The number of aromatic nitrogens is 1. The Balaban J connectivity index is 2.79. The molecule has 4 heteroatoms. The van der Waals surface area contributed by atoms with Crippen LogP contribution in [0.1, 0.15) is 23.7 Å². The second-order valence-electron chi connectivity index (χ2n) is 4.11. The molecule has 2 rings (SSSR count). The minimum absolute atomic E-state index is 0.0818. The van der Waals surface area contributed by atoms with E-state index >= 15 is 0 Å². The van der Waals surface area contributed by atoms with Gasteiger partial charge in [-0.15, -0.1) is 0 Å². The third-order valence-corrected chi connectivity index (χ3v) is 3.20. The number of methoxy groups -OCH3 is 1. The van der Waals surface area contributed by atoms with Gasteiger partial charge in [-0.3, -0.25) is 4.98 Å². The number of ether oxygens (including phenoxy) is 1. The van der Waals surface area contributed by atoms with Crippen LogP contribution in [-0.2, 0) is 19.6 Å². The first kappa shape index (κ1) is 12.8. The zero-order valence-electron chi connectivity index (χ0n) is 10.7. The lowest BCUT2D eigenvalue weighted by molar-refractivity contribution is 0.276. The van der Waals surface area contributed by atoms with Crippen molar-refractivity contribution >= 4 is 10.9 Å². The normalized spacial score (nSPS) is 10.9. The zero-order valence-corrected chi connectivity index (χ0v) is 10.7. The van der Waals surface area contributed by atoms with Gasteiger partial charge < -0.3 is 15.6 Å². The molecule has 1 heterocycles. The minimum atomic E-state index is -0.0818. The Labute approximate surface area is 106 Å². The molecular weight excluding hydrogens is 228 g/mol. The highest BCUT2D eigenvalue weighted by Crippen LogP contribution is 2.27. The molecular formula is C14H18N2O2. The molecule has 0 radical (unpaired) electrons. The van der Waals surface area contributed by atoms with E-state index in [0.717, 1.165) is 34.2 Å². The fraction of sp³-hybridized carbons (Fsp3) is 0.357. The summed E-state index contributed by atoms with van der Waals surface area (Å²) in [5.74, 6) is 0.804. The Morgan fingerprint density at radius 2 is 2.11 bits per heavy atom. The predicted molar refractivity (Wildman–Crippen MR) is 71.5 cm³/mol. The van der Waals surface area contributed by atoms with Gasteiger partial charge in [0, 0.05) is 11.9 Å². The van der Waals surface area contributed by atoms with Crippen LogP contribution < -0.4 is 10.5 Å². The van der Waals surface area contributed by atoms with Crippen molar-refractivity contribution in [2.45, 2.75) is 26.5 Å². The number of aryl methyl sites for hydroxylation is 1. The largest absolute Gasteiger partial charge is 0.497 e. The molecule has 18 heavy (non-hydrogen) atoms. The SMILES string of the molecule is CCc1c(CN)c(CO)nc2ccc(OC)cc12. The summed E-state index contributed by atoms with van der Waals surface area (Å²) in [4.78, 5) is 4.46. The molecule has 3 N–H and O–H groups in total. The molecule has 0 atom stereocenters. The summed E-state index contributed by atoms with van der Waals surface area (Å²) in [5, 5.41) is 10.4. The molecule has 0 unspecified atom stereocenters. The summed E-state index contributed by atoms with van der Waals surface area (Å²) >= 11 is 0. The van der Waals surface area contributed by atoms with Gasteiger partial charge in [-0.1, -0.05) is 6.92 Å². The number of nitrogens with two attached hydrogens (primary N) is 1. The number of hydrogen-bond donors (Lipinski definition) is 2. The maximum Gasteiger partial charge on any atom is 0.119 e. The smallest absolute Gasteiger partial charge is 0.119 e. The van der Waals surface area contributed by atoms with Gasteiger partial charge >= 0.3 is 0 Å². The molecule has 1 aromatic carbocycles. The van der Waals surface area contributed by atoms with Crippen LogP contribution >= 0.6 is 0 Å². The lowest BCUT2D eigenvalue weighted by atomic mass is 9.98. The summed E-state index contributed by atoms with van der Waals surface area (Å²) in [5.41, 5.74) is 9.41. The van der Waals surface area contributed by atoms with Gasteiger partial charge in [-0.05, 0) is 35.7 Å². The summed E-state index contributed by atoms with van der Waals surface area (Å²) in [6, 6.07) is 5.76. The van der Waals surface area contributed by atoms with Crippen molar-refractivity contribution < 1.29 is 9.84 Å². The molecule has 0 saturated carbocycles. The molecule has 4 nitrogen and oxygen atoms in total. The number of hydrogen-bond acceptors (Lipinski definition) is 4.